The summed E-state index contributed by atoms with van der Waals surface area (Å²) in [6.07, 6.45) is 0.832. The molecule has 0 spiro atoms. The van der Waals surface area contributed by atoms with Crippen molar-refractivity contribution < 1.29 is 19.7 Å². The fourth-order valence-electron chi connectivity index (χ4n) is 3.68. The minimum Gasteiger partial charge on any atom is -0.390 e. The van der Waals surface area contributed by atoms with Gasteiger partial charge in [0.05, 0.1) is 23.6 Å². The summed E-state index contributed by atoms with van der Waals surface area (Å²) in [5.41, 5.74) is 6.92. The third kappa shape index (κ3) is 3.93. The van der Waals surface area contributed by atoms with Crippen LogP contribution in [0.2, 0.25) is 0 Å². The molecule has 1 saturated heterocycles. The summed E-state index contributed by atoms with van der Waals surface area (Å²) in [6.45, 7) is 3.17. The minimum absolute atomic E-state index is 0.0302. The first-order valence-corrected chi connectivity index (χ1v) is 10.0. The van der Waals surface area contributed by atoms with Crippen LogP contribution in [0.1, 0.15) is 42.6 Å². The molecule has 3 heterocycles. The van der Waals surface area contributed by atoms with Gasteiger partial charge in [0.1, 0.15) is 17.4 Å². The summed E-state index contributed by atoms with van der Waals surface area (Å²) in [4.78, 5) is 25.9. The van der Waals surface area contributed by atoms with Gasteiger partial charge in [-0.3, -0.25) is 9.78 Å². The molecule has 3 aromatic rings. The smallest absolute Gasteiger partial charge is 0.269 e. The molecule has 1 aliphatic rings. The number of aromatic nitrogens is 3. The minimum atomic E-state index is -1.42. The number of amides is 1. The van der Waals surface area contributed by atoms with E-state index in [1.165, 1.54) is 6.92 Å². The number of pyridine rings is 1. The van der Waals surface area contributed by atoms with Crippen molar-refractivity contribution >= 4 is 5.91 Å². The molecule has 0 bridgehead atoms. The van der Waals surface area contributed by atoms with Crippen molar-refractivity contribution in [2.75, 3.05) is 0 Å². The second-order valence-corrected chi connectivity index (χ2v) is 7.87. The molecule has 31 heavy (non-hydrogen) atoms. The van der Waals surface area contributed by atoms with Crippen LogP contribution in [0.4, 0.5) is 0 Å². The molecular weight excluding hydrogens is 396 g/mol. The molecule has 1 aromatic carbocycles. The van der Waals surface area contributed by atoms with Crippen molar-refractivity contribution in [3.8, 4) is 22.5 Å². The molecular formula is C23H24N4O4. The molecule has 2 aromatic heterocycles. The number of benzene rings is 1. The molecule has 4 N–H and O–H groups in total. The number of rotatable bonds is 4. The van der Waals surface area contributed by atoms with Crippen molar-refractivity contribution in [1.29, 1.82) is 0 Å². The zero-order valence-corrected chi connectivity index (χ0v) is 17.3. The Labute approximate surface area is 179 Å². The Bertz CT molecular complexity index is 1080. The van der Waals surface area contributed by atoms with Crippen LogP contribution in [0.15, 0.2) is 54.9 Å². The summed E-state index contributed by atoms with van der Waals surface area (Å²) in [5, 5.41) is 21.0. The lowest BCUT2D eigenvalue weighted by Gasteiger charge is -2.42. The number of ether oxygens (including phenoxy) is 1. The first-order chi connectivity index (χ1) is 14.8. The van der Waals surface area contributed by atoms with Crippen LogP contribution in [0, 0.1) is 0 Å². The SMILES string of the molecule is CC1OC(c2nc(-c3cccnc3)c(-c3ccccc3)nc2C(N)=O)CC(O)C1(C)O. The Morgan fingerprint density at radius 2 is 1.81 bits per heavy atom. The summed E-state index contributed by atoms with van der Waals surface area (Å²) in [6, 6.07) is 13.0. The average Bonchev–Trinajstić information content (AvgIpc) is 2.77. The number of carbonyl (C=O) groups excluding carboxylic acids is 1. The fraction of sp³-hybridized carbons (Fsp3) is 0.304. The van der Waals surface area contributed by atoms with Crippen LogP contribution in [0.25, 0.3) is 22.5 Å². The number of nitrogens with zero attached hydrogens (tertiary/aromatic N) is 3. The van der Waals surface area contributed by atoms with Gasteiger partial charge in [0.15, 0.2) is 5.69 Å². The quantitative estimate of drug-likeness (QED) is 0.590. The van der Waals surface area contributed by atoms with Gasteiger partial charge in [-0.15, -0.1) is 0 Å². The van der Waals surface area contributed by atoms with Gasteiger partial charge in [-0.2, -0.15) is 0 Å². The van der Waals surface area contributed by atoms with Crippen LogP contribution in [0.3, 0.4) is 0 Å². The Morgan fingerprint density at radius 3 is 2.42 bits per heavy atom. The number of aliphatic hydroxyl groups is 2. The third-order valence-electron chi connectivity index (χ3n) is 5.75. The number of carbonyl (C=O) groups is 1. The van der Waals surface area contributed by atoms with E-state index < -0.39 is 29.8 Å². The maximum atomic E-state index is 12.3. The molecule has 4 atom stereocenters. The van der Waals surface area contributed by atoms with E-state index in [9.17, 15) is 15.0 Å². The topological polar surface area (TPSA) is 131 Å². The second kappa shape index (κ2) is 8.14. The zero-order valence-electron chi connectivity index (χ0n) is 17.3. The van der Waals surface area contributed by atoms with E-state index in [1.54, 1.807) is 25.4 Å². The normalized spacial score (nSPS) is 25.9. The van der Waals surface area contributed by atoms with Gasteiger partial charge in [-0.05, 0) is 26.0 Å². The van der Waals surface area contributed by atoms with E-state index >= 15 is 0 Å². The average molecular weight is 420 g/mol. The highest BCUT2D eigenvalue weighted by Gasteiger charge is 2.45. The van der Waals surface area contributed by atoms with Crippen molar-refractivity contribution in [1.82, 2.24) is 15.0 Å². The summed E-state index contributed by atoms with van der Waals surface area (Å²) in [5.74, 6) is -0.750. The summed E-state index contributed by atoms with van der Waals surface area (Å²) < 4.78 is 5.95. The number of aliphatic hydroxyl groups excluding tert-OH is 1. The largest absolute Gasteiger partial charge is 0.390 e. The van der Waals surface area contributed by atoms with Gasteiger partial charge >= 0.3 is 0 Å². The predicted molar refractivity (Wildman–Crippen MR) is 114 cm³/mol. The standard InChI is InChI=1S/C23H24N4O4/c1-13-23(2,30)17(28)11-16(31-13)20-21(22(24)29)27-18(14-7-4-3-5-8-14)19(26-20)15-9-6-10-25-12-15/h3-10,12-13,16-17,28,30H,11H2,1-2H3,(H2,24,29). The van der Waals surface area contributed by atoms with E-state index in [-0.39, 0.29) is 17.8 Å². The number of nitrogens with two attached hydrogens (primary N) is 1. The van der Waals surface area contributed by atoms with E-state index in [0.29, 0.717) is 17.0 Å². The number of hydrogen-bond acceptors (Lipinski definition) is 7. The van der Waals surface area contributed by atoms with Gasteiger partial charge in [0, 0.05) is 29.9 Å². The molecule has 0 radical (unpaired) electrons. The van der Waals surface area contributed by atoms with Crippen LogP contribution in [0.5, 0.6) is 0 Å². The first kappa shape index (κ1) is 21.0. The van der Waals surface area contributed by atoms with E-state index in [4.69, 9.17) is 15.5 Å². The molecule has 160 valence electrons. The molecule has 4 unspecified atom stereocenters. The molecule has 1 fully saturated rings. The Balaban J connectivity index is 1.91. The molecule has 0 aliphatic carbocycles. The summed E-state index contributed by atoms with van der Waals surface area (Å²) in [7, 11) is 0. The Kier molecular flexibility index (Phi) is 5.53. The van der Waals surface area contributed by atoms with Crippen LogP contribution >= 0.6 is 0 Å². The van der Waals surface area contributed by atoms with Gasteiger partial charge in [0.2, 0.25) is 0 Å². The van der Waals surface area contributed by atoms with Crippen LogP contribution in [-0.4, -0.2) is 48.9 Å². The molecule has 1 amide bonds. The third-order valence-corrected chi connectivity index (χ3v) is 5.75. The highest BCUT2D eigenvalue weighted by Crippen LogP contribution is 2.39. The van der Waals surface area contributed by atoms with Gasteiger partial charge in [-0.1, -0.05) is 30.3 Å². The van der Waals surface area contributed by atoms with Gasteiger partial charge in [0.25, 0.3) is 5.91 Å². The second-order valence-electron chi connectivity index (χ2n) is 7.87. The van der Waals surface area contributed by atoms with Crippen molar-refractivity contribution in [3.05, 3.63) is 66.2 Å². The summed E-state index contributed by atoms with van der Waals surface area (Å²) >= 11 is 0. The maximum absolute atomic E-state index is 12.3. The van der Waals surface area contributed by atoms with Crippen molar-refractivity contribution in [2.45, 2.75) is 44.2 Å². The lowest BCUT2D eigenvalue weighted by molar-refractivity contribution is -0.216. The molecule has 0 saturated carbocycles. The highest BCUT2D eigenvalue weighted by molar-refractivity contribution is 5.93. The molecule has 8 nitrogen and oxygen atoms in total. The zero-order chi connectivity index (χ0) is 22.2. The first-order valence-electron chi connectivity index (χ1n) is 10.0. The van der Waals surface area contributed by atoms with E-state index in [2.05, 4.69) is 9.97 Å². The molecule has 1 aliphatic heterocycles. The molecule has 4 rings (SSSR count). The number of primary amides is 1. The highest BCUT2D eigenvalue weighted by atomic mass is 16.5. The Hall–Kier alpha value is -3.20. The van der Waals surface area contributed by atoms with E-state index in [0.717, 1.165) is 5.56 Å². The maximum Gasteiger partial charge on any atom is 0.269 e. The monoisotopic (exact) mass is 420 g/mol. The van der Waals surface area contributed by atoms with Crippen molar-refractivity contribution in [3.63, 3.8) is 0 Å². The van der Waals surface area contributed by atoms with Crippen LogP contribution < -0.4 is 5.73 Å². The van der Waals surface area contributed by atoms with Crippen LogP contribution in [-0.2, 0) is 4.74 Å². The fourth-order valence-corrected chi connectivity index (χ4v) is 3.68. The lowest BCUT2D eigenvalue weighted by Crippen LogP contribution is -2.54. The van der Waals surface area contributed by atoms with E-state index in [1.807, 2.05) is 36.4 Å². The van der Waals surface area contributed by atoms with Gasteiger partial charge < -0.3 is 20.7 Å². The molecule has 8 heteroatoms. The van der Waals surface area contributed by atoms with Crippen molar-refractivity contribution in [2.24, 2.45) is 5.73 Å². The van der Waals surface area contributed by atoms with Gasteiger partial charge in [-0.25, -0.2) is 9.97 Å². The number of hydrogen-bond donors (Lipinski definition) is 3. The predicted octanol–water partition coefficient (Wildman–Crippen LogP) is 2.27. The lowest BCUT2D eigenvalue weighted by atomic mass is 9.85. The Morgan fingerprint density at radius 1 is 1.13 bits per heavy atom.